The van der Waals surface area contributed by atoms with Gasteiger partial charge < -0.3 is 9.84 Å². The maximum absolute atomic E-state index is 9.96. The van der Waals surface area contributed by atoms with Crippen LogP contribution in [0.5, 0.6) is 0 Å². The lowest BCUT2D eigenvalue weighted by molar-refractivity contribution is -0.0216. The smallest absolute Gasteiger partial charge is 0.123 e. The molecule has 5 nitrogen and oxygen atoms in total. The van der Waals surface area contributed by atoms with Crippen molar-refractivity contribution in [3.63, 3.8) is 0 Å². The fourth-order valence-electron chi connectivity index (χ4n) is 1.45. The predicted molar refractivity (Wildman–Crippen MR) is 51.7 cm³/mol. The number of aromatic nitrogens is 3. The molecule has 1 N–H and O–H groups in total. The van der Waals surface area contributed by atoms with Crippen LogP contribution >= 0.6 is 0 Å². The van der Waals surface area contributed by atoms with Crippen LogP contribution in [0.2, 0.25) is 0 Å². The second kappa shape index (κ2) is 5.07. The minimum absolute atomic E-state index is 0.183. The van der Waals surface area contributed by atoms with E-state index >= 15 is 0 Å². The SMILES string of the molecule is CCCC(OC)C(O)c1cnnn1C. The van der Waals surface area contributed by atoms with Crippen molar-refractivity contribution in [1.82, 2.24) is 15.0 Å². The number of hydrogen-bond donors (Lipinski definition) is 1. The van der Waals surface area contributed by atoms with Gasteiger partial charge in [0.15, 0.2) is 0 Å². The van der Waals surface area contributed by atoms with Gasteiger partial charge in [0.2, 0.25) is 0 Å². The lowest BCUT2D eigenvalue weighted by Crippen LogP contribution is -2.22. The Morgan fingerprint density at radius 1 is 1.64 bits per heavy atom. The summed E-state index contributed by atoms with van der Waals surface area (Å²) in [6, 6.07) is 0. The molecule has 1 aromatic rings. The molecule has 80 valence electrons. The van der Waals surface area contributed by atoms with E-state index in [2.05, 4.69) is 17.2 Å². The molecule has 0 aliphatic rings. The zero-order valence-corrected chi connectivity index (χ0v) is 8.84. The Morgan fingerprint density at radius 2 is 2.36 bits per heavy atom. The first-order valence-corrected chi connectivity index (χ1v) is 4.76. The second-order valence-corrected chi connectivity index (χ2v) is 3.29. The van der Waals surface area contributed by atoms with Gasteiger partial charge in [-0.2, -0.15) is 0 Å². The van der Waals surface area contributed by atoms with E-state index in [9.17, 15) is 5.11 Å². The summed E-state index contributed by atoms with van der Waals surface area (Å²) in [7, 11) is 3.36. The molecule has 0 radical (unpaired) electrons. The van der Waals surface area contributed by atoms with Crippen LogP contribution in [0.1, 0.15) is 31.6 Å². The number of ether oxygens (including phenoxy) is 1. The molecule has 0 spiro atoms. The van der Waals surface area contributed by atoms with E-state index in [1.54, 1.807) is 25.0 Å². The second-order valence-electron chi connectivity index (χ2n) is 3.29. The highest BCUT2D eigenvalue weighted by molar-refractivity contribution is 5.00. The van der Waals surface area contributed by atoms with Crippen molar-refractivity contribution in [1.29, 1.82) is 0 Å². The van der Waals surface area contributed by atoms with Crippen molar-refractivity contribution in [2.75, 3.05) is 7.11 Å². The fourth-order valence-corrected chi connectivity index (χ4v) is 1.45. The van der Waals surface area contributed by atoms with E-state index in [4.69, 9.17) is 4.74 Å². The molecule has 0 fully saturated rings. The van der Waals surface area contributed by atoms with Gasteiger partial charge in [-0.1, -0.05) is 18.6 Å². The Bertz CT molecular complexity index is 275. The molecule has 0 amide bonds. The average Bonchev–Trinajstić information content (AvgIpc) is 2.59. The molecular formula is C9H17N3O2. The van der Waals surface area contributed by atoms with Crippen LogP contribution in [0, 0.1) is 0 Å². The number of methoxy groups -OCH3 is 1. The normalized spacial score (nSPS) is 15.4. The van der Waals surface area contributed by atoms with Crippen molar-refractivity contribution in [2.24, 2.45) is 7.05 Å². The zero-order chi connectivity index (χ0) is 10.6. The summed E-state index contributed by atoms with van der Waals surface area (Å²) in [6.45, 7) is 2.06. The number of hydrogen-bond acceptors (Lipinski definition) is 4. The van der Waals surface area contributed by atoms with Crippen LogP contribution in [0.25, 0.3) is 0 Å². The number of aliphatic hydroxyl groups is 1. The maximum Gasteiger partial charge on any atom is 0.123 e. The monoisotopic (exact) mass is 199 g/mol. The number of aliphatic hydroxyl groups excluding tert-OH is 1. The molecule has 0 aliphatic carbocycles. The number of aryl methyl sites for hydroxylation is 1. The Labute approximate surface area is 83.7 Å². The number of rotatable bonds is 5. The lowest BCUT2D eigenvalue weighted by atomic mass is 10.1. The van der Waals surface area contributed by atoms with E-state index in [0.717, 1.165) is 12.8 Å². The highest BCUT2D eigenvalue weighted by Gasteiger charge is 2.22. The summed E-state index contributed by atoms with van der Waals surface area (Å²) in [5.74, 6) is 0. The highest BCUT2D eigenvalue weighted by Crippen LogP contribution is 2.20. The Kier molecular flexibility index (Phi) is 4.03. The molecule has 5 heteroatoms. The van der Waals surface area contributed by atoms with Gasteiger partial charge in [0.1, 0.15) is 6.10 Å². The standard InChI is InChI=1S/C9H17N3O2/c1-4-5-8(14-3)9(13)7-6-10-11-12(7)2/h6,8-9,13H,4-5H2,1-3H3. The molecule has 2 atom stereocenters. The Hall–Kier alpha value is -0.940. The lowest BCUT2D eigenvalue weighted by Gasteiger charge is -2.20. The van der Waals surface area contributed by atoms with Crippen molar-refractivity contribution >= 4 is 0 Å². The minimum atomic E-state index is -0.653. The first kappa shape index (κ1) is 11.1. The topological polar surface area (TPSA) is 60.2 Å². The van der Waals surface area contributed by atoms with Crippen molar-refractivity contribution in [2.45, 2.75) is 32.0 Å². The van der Waals surface area contributed by atoms with Crippen LogP contribution in [0.4, 0.5) is 0 Å². The van der Waals surface area contributed by atoms with Crippen molar-refractivity contribution in [3.8, 4) is 0 Å². The third-order valence-electron chi connectivity index (χ3n) is 2.28. The Morgan fingerprint density at radius 3 is 2.79 bits per heavy atom. The van der Waals surface area contributed by atoms with Crippen LogP contribution in [-0.4, -0.2) is 33.3 Å². The van der Waals surface area contributed by atoms with E-state index in [0.29, 0.717) is 5.69 Å². The third kappa shape index (κ3) is 2.30. The molecule has 0 bridgehead atoms. The van der Waals surface area contributed by atoms with E-state index < -0.39 is 6.10 Å². The first-order chi connectivity index (χ1) is 6.70. The molecule has 0 saturated carbocycles. The molecule has 0 aromatic carbocycles. The average molecular weight is 199 g/mol. The van der Waals surface area contributed by atoms with E-state index in [1.165, 1.54) is 0 Å². The molecular weight excluding hydrogens is 182 g/mol. The molecule has 1 heterocycles. The van der Waals surface area contributed by atoms with Crippen LogP contribution in [0.15, 0.2) is 6.20 Å². The van der Waals surface area contributed by atoms with Gasteiger partial charge in [-0.15, -0.1) is 5.10 Å². The quantitative estimate of drug-likeness (QED) is 0.757. The van der Waals surface area contributed by atoms with Gasteiger partial charge >= 0.3 is 0 Å². The molecule has 0 aliphatic heterocycles. The minimum Gasteiger partial charge on any atom is -0.384 e. The molecule has 2 unspecified atom stereocenters. The van der Waals surface area contributed by atoms with Crippen LogP contribution in [0.3, 0.4) is 0 Å². The molecule has 0 saturated heterocycles. The summed E-state index contributed by atoms with van der Waals surface area (Å²) in [5, 5.41) is 17.4. The summed E-state index contributed by atoms with van der Waals surface area (Å²) >= 11 is 0. The van der Waals surface area contributed by atoms with Crippen LogP contribution < -0.4 is 0 Å². The largest absolute Gasteiger partial charge is 0.384 e. The summed E-state index contributed by atoms with van der Waals surface area (Å²) in [6.07, 6.45) is 2.52. The third-order valence-corrected chi connectivity index (χ3v) is 2.28. The van der Waals surface area contributed by atoms with Gasteiger partial charge in [-0.05, 0) is 6.42 Å². The first-order valence-electron chi connectivity index (χ1n) is 4.76. The molecule has 1 aromatic heterocycles. The van der Waals surface area contributed by atoms with E-state index in [1.807, 2.05) is 0 Å². The van der Waals surface area contributed by atoms with Crippen LogP contribution in [-0.2, 0) is 11.8 Å². The van der Waals surface area contributed by atoms with Crippen molar-refractivity contribution < 1.29 is 9.84 Å². The zero-order valence-electron chi connectivity index (χ0n) is 8.84. The Balaban J connectivity index is 2.72. The maximum atomic E-state index is 9.96. The summed E-state index contributed by atoms with van der Waals surface area (Å²) < 4.78 is 6.77. The summed E-state index contributed by atoms with van der Waals surface area (Å²) in [4.78, 5) is 0. The molecule has 14 heavy (non-hydrogen) atoms. The van der Waals surface area contributed by atoms with Gasteiger partial charge in [-0.25, -0.2) is 4.68 Å². The highest BCUT2D eigenvalue weighted by atomic mass is 16.5. The van der Waals surface area contributed by atoms with Gasteiger partial charge in [0.05, 0.1) is 18.0 Å². The van der Waals surface area contributed by atoms with Gasteiger partial charge in [-0.3, -0.25) is 0 Å². The number of nitrogens with zero attached hydrogens (tertiary/aromatic N) is 3. The summed E-state index contributed by atoms with van der Waals surface area (Å²) in [5.41, 5.74) is 0.685. The predicted octanol–water partition coefficient (Wildman–Crippen LogP) is 0.664. The van der Waals surface area contributed by atoms with E-state index in [-0.39, 0.29) is 6.10 Å². The fraction of sp³-hybridized carbons (Fsp3) is 0.778. The van der Waals surface area contributed by atoms with Gasteiger partial charge in [0, 0.05) is 14.2 Å². The molecule has 1 rings (SSSR count). The van der Waals surface area contributed by atoms with Gasteiger partial charge in [0.25, 0.3) is 0 Å². The van der Waals surface area contributed by atoms with Crippen molar-refractivity contribution in [3.05, 3.63) is 11.9 Å².